The summed E-state index contributed by atoms with van der Waals surface area (Å²) in [4.78, 5) is 4.79. The van der Waals surface area contributed by atoms with Crippen LogP contribution in [-0.4, -0.2) is 4.98 Å². The van der Waals surface area contributed by atoms with Crippen LogP contribution >= 0.6 is 0 Å². The van der Waals surface area contributed by atoms with Gasteiger partial charge in [0.05, 0.1) is 16.6 Å². The highest BCUT2D eigenvalue weighted by molar-refractivity contribution is 6.09. The molecular formula is C35H32FN2O+. The van der Waals surface area contributed by atoms with Crippen molar-refractivity contribution in [2.45, 2.75) is 34.1 Å². The summed E-state index contributed by atoms with van der Waals surface area (Å²) in [6, 6.07) is 28.1. The second-order valence-electron chi connectivity index (χ2n) is 11.6. The smallest absolute Gasteiger partial charge is 0.230 e. The van der Waals surface area contributed by atoms with Crippen molar-refractivity contribution in [3.8, 4) is 33.6 Å². The zero-order valence-corrected chi connectivity index (χ0v) is 23.0. The van der Waals surface area contributed by atoms with Crippen LogP contribution in [0.15, 0.2) is 95.5 Å². The molecule has 0 aliphatic carbocycles. The molecule has 39 heavy (non-hydrogen) atoms. The summed E-state index contributed by atoms with van der Waals surface area (Å²) < 4.78 is 24.2. The van der Waals surface area contributed by atoms with Gasteiger partial charge in [-0.25, -0.2) is 13.9 Å². The number of rotatable bonds is 4. The van der Waals surface area contributed by atoms with Gasteiger partial charge in [-0.2, -0.15) is 0 Å². The average molecular weight is 516 g/mol. The molecule has 0 saturated heterocycles. The lowest BCUT2D eigenvalue weighted by Gasteiger charge is -2.18. The highest BCUT2D eigenvalue weighted by Crippen LogP contribution is 2.39. The highest BCUT2D eigenvalue weighted by Gasteiger charge is 2.24. The summed E-state index contributed by atoms with van der Waals surface area (Å²) in [7, 11) is 2.03. The zero-order chi connectivity index (χ0) is 27.3. The SMILES string of the molecule is Cc1ccc2c(oc3nc(-c4ccc(-c5ccccc5)cc4)cc(F)c32)c1-c1cc(CC(C)(C)C)cc[n+]1C. The van der Waals surface area contributed by atoms with Crippen molar-refractivity contribution < 1.29 is 13.4 Å². The molecule has 0 radical (unpaired) electrons. The van der Waals surface area contributed by atoms with E-state index in [0.29, 0.717) is 22.4 Å². The van der Waals surface area contributed by atoms with Crippen molar-refractivity contribution in [1.82, 2.24) is 4.98 Å². The molecular weight excluding hydrogens is 483 g/mol. The number of fused-ring (bicyclic) bond motifs is 3. The first kappa shape index (κ1) is 25.0. The molecule has 0 aliphatic rings. The number of aromatic nitrogens is 2. The summed E-state index contributed by atoms with van der Waals surface area (Å²) in [6.45, 7) is 8.80. The fourth-order valence-electron chi connectivity index (χ4n) is 5.40. The van der Waals surface area contributed by atoms with Gasteiger partial charge in [-0.1, -0.05) is 87.5 Å². The molecule has 3 aromatic heterocycles. The topological polar surface area (TPSA) is 29.9 Å². The molecule has 3 heterocycles. The van der Waals surface area contributed by atoms with Crippen molar-refractivity contribution in [3.05, 3.63) is 108 Å². The molecule has 6 aromatic rings. The molecule has 4 heteroatoms. The molecule has 6 rings (SSSR count). The van der Waals surface area contributed by atoms with Crippen LogP contribution in [0.1, 0.15) is 31.9 Å². The van der Waals surface area contributed by atoms with E-state index in [1.54, 1.807) is 0 Å². The van der Waals surface area contributed by atoms with Crippen molar-refractivity contribution in [2.24, 2.45) is 12.5 Å². The van der Waals surface area contributed by atoms with Gasteiger partial charge in [0.15, 0.2) is 11.8 Å². The Kier molecular flexibility index (Phi) is 6.06. The van der Waals surface area contributed by atoms with E-state index in [-0.39, 0.29) is 11.2 Å². The maximum Gasteiger partial charge on any atom is 0.230 e. The van der Waals surface area contributed by atoms with Crippen LogP contribution in [0.4, 0.5) is 4.39 Å². The van der Waals surface area contributed by atoms with E-state index in [0.717, 1.165) is 45.3 Å². The monoisotopic (exact) mass is 515 g/mol. The maximum absolute atomic E-state index is 15.7. The predicted molar refractivity (Wildman–Crippen MR) is 157 cm³/mol. The Morgan fingerprint density at radius 2 is 1.54 bits per heavy atom. The largest absolute Gasteiger partial charge is 0.437 e. The minimum absolute atomic E-state index is 0.167. The Morgan fingerprint density at radius 3 is 2.26 bits per heavy atom. The quantitative estimate of drug-likeness (QED) is 0.220. The number of hydrogen-bond donors (Lipinski definition) is 0. The molecule has 0 N–H and O–H groups in total. The number of nitrogens with zero attached hydrogens (tertiary/aromatic N) is 2. The van der Waals surface area contributed by atoms with Crippen LogP contribution in [0.5, 0.6) is 0 Å². The normalized spacial score (nSPS) is 11.9. The highest BCUT2D eigenvalue weighted by atomic mass is 19.1. The van der Waals surface area contributed by atoms with Crippen molar-refractivity contribution in [2.75, 3.05) is 0 Å². The van der Waals surface area contributed by atoms with Gasteiger partial charge in [0.1, 0.15) is 12.9 Å². The minimum Gasteiger partial charge on any atom is -0.437 e. The standard InChI is InChI=1S/C35H32FN2O/c1-22-11-16-27-32-28(36)20-29(26-14-12-25(13-15-26)24-9-7-6-8-10-24)37-34(32)39-33(27)31(22)30-19-23(17-18-38(30)5)21-35(2,3)4/h6-20H,21H2,1-5H3/q+1. The summed E-state index contributed by atoms with van der Waals surface area (Å²) in [5.74, 6) is -0.332. The summed E-state index contributed by atoms with van der Waals surface area (Å²) in [5, 5.41) is 1.16. The first-order valence-corrected chi connectivity index (χ1v) is 13.4. The Morgan fingerprint density at radius 1 is 0.846 bits per heavy atom. The Hall–Kier alpha value is -4.31. The molecule has 0 amide bonds. The van der Waals surface area contributed by atoms with Crippen molar-refractivity contribution in [3.63, 3.8) is 0 Å². The van der Waals surface area contributed by atoms with E-state index in [2.05, 4.69) is 62.7 Å². The zero-order valence-electron chi connectivity index (χ0n) is 23.0. The lowest BCUT2D eigenvalue weighted by Crippen LogP contribution is -2.31. The number of halogens is 1. The number of pyridine rings is 2. The summed E-state index contributed by atoms with van der Waals surface area (Å²) in [5.41, 5.74) is 9.11. The average Bonchev–Trinajstić information content (AvgIpc) is 3.29. The molecule has 0 spiro atoms. The minimum atomic E-state index is -0.332. The van der Waals surface area contributed by atoms with Gasteiger partial charge in [0.25, 0.3) is 0 Å². The van der Waals surface area contributed by atoms with Gasteiger partial charge >= 0.3 is 0 Å². The lowest BCUT2D eigenvalue weighted by molar-refractivity contribution is -0.660. The van der Waals surface area contributed by atoms with E-state index in [1.165, 1.54) is 11.6 Å². The van der Waals surface area contributed by atoms with E-state index in [1.807, 2.05) is 61.6 Å². The van der Waals surface area contributed by atoms with Gasteiger partial charge in [-0.3, -0.25) is 0 Å². The van der Waals surface area contributed by atoms with Crippen molar-refractivity contribution in [1.29, 1.82) is 0 Å². The van der Waals surface area contributed by atoms with E-state index in [4.69, 9.17) is 9.40 Å². The fraction of sp³-hybridized carbons (Fsp3) is 0.200. The lowest BCUT2D eigenvalue weighted by atomic mass is 9.88. The first-order chi connectivity index (χ1) is 18.7. The van der Waals surface area contributed by atoms with Crippen LogP contribution in [0.2, 0.25) is 0 Å². The van der Waals surface area contributed by atoms with Crippen LogP contribution < -0.4 is 4.57 Å². The Balaban J connectivity index is 1.48. The second kappa shape index (κ2) is 9.46. The summed E-state index contributed by atoms with van der Waals surface area (Å²) >= 11 is 0. The number of benzene rings is 3. The molecule has 194 valence electrons. The number of furan rings is 1. The van der Waals surface area contributed by atoms with Crippen LogP contribution in [0, 0.1) is 18.2 Å². The first-order valence-electron chi connectivity index (χ1n) is 13.4. The molecule has 0 atom stereocenters. The van der Waals surface area contributed by atoms with Crippen LogP contribution in [0.25, 0.3) is 55.7 Å². The fourth-order valence-corrected chi connectivity index (χ4v) is 5.40. The predicted octanol–water partition coefficient (Wildman–Crippen LogP) is 8.84. The van der Waals surface area contributed by atoms with E-state index < -0.39 is 0 Å². The molecule has 3 aromatic carbocycles. The Bertz CT molecular complexity index is 1830. The van der Waals surface area contributed by atoms with Gasteiger partial charge in [0.2, 0.25) is 11.4 Å². The summed E-state index contributed by atoms with van der Waals surface area (Å²) in [6.07, 6.45) is 3.05. The van der Waals surface area contributed by atoms with Crippen molar-refractivity contribution >= 4 is 22.1 Å². The van der Waals surface area contributed by atoms with Crippen LogP contribution in [0.3, 0.4) is 0 Å². The van der Waals surface area contributed by atoms with Gasteiger partial charge in [-0.15, -0.1) is 0 Å². The number of aryl methyl sites for hydroxylation is 2. The second-order valence-corrected chi connectivity index (χ2v) is 11.6. The van der Waals surface area contributed by atoms with Crippen LogP contribution in [-0.2, 0) is 13.5 Å². The molecule has 0 unspecified atom stereocenters. The van der Waals surface area contributed by atoms with Gasteiger partial charge in [0, 0.05) is 29.1 Å². The third-order valence-electron chi connectivity index (χ3n) is 7.26. The molecule has 0 bridgehead atoms. The van der Waals surface area contributed by atoms with Gasteiger partial charge < -0.3 is 4.42 Å². The molecule has 0 fully saturated rings. The van der Waals surface area contributed by atoms with E-state index in [9.17, 15) is 0 Å². The van der Waals surface area contributed by atoms with E-state index >= 15 is 4.39 Å². The number of hydrogen-bond acceptors (Lipinski definition) is 2. The molecule has 0 aliphatic heterocycles. The maximum atomic E-state index is 15.7. The Labute approximate surface area is 228 Å². The third kappa shape index (κ3) is 4.72. The molecule has 0 saturated carbocycles. The van der Waals surface area contributed by atoms with Gasteiger partial charge in [-0.05, 0) is 41.0 Å². The third-order valence-corrected chi connectivity index (χ3v) is 7.26. The molecule has 3 nitrogen and oxygen atoms in total.